The molecule has 6 nitrogen and oxygen atoms in total. The Hall–Kier alpha value is -3.12. The number of phenolic OH excluding ortho intramolecular Hbond substituents is 1. The Morgan fingerprint density at radius 3 is 1.68 bits per heavy atom. The van der Waals surface area contributed by atoms with Crippen molar-refractivity contribution in [1.82, 2.24) is 0 Å². The van der Waals surface area contributed by atoms with E-state index >= 15 is 0 Å². The minimum absolute atomic E-state index is 0. The summed E-state index contributed by atoms with van der Waals surface area (Å²) in [4.78, 5) is 20.4. The molecule has 1 atom stereocenters. The highest BCUT2D eigenvalue weighted by Gasteiger charge is 2.12. The molecule has 6 heteroatoms. The highest BCUT2D eigenvalue weighted by molar-refractivity contribution is 5.68. The third kappa shape index (κ3) is 21.4. The molecule has 1 unspecified atom stereocenters. The maximum absolute atomic E-state index is 10.5. The van der Waals surface area contributed by atoms with Crippen LogP contribution in [-0.4, -0.2) is 39.5 Å². The van der Waals surface area contributed by atoms with Gasteiger partial charge in [0, 0.05) is 7.11 Å². The van der Waals surface area contributed by atoms with E-state index in [1.807, 2.05) is 56.3 Å². The monoisotopic (exact) mass is 435 g/mol. The number of para-hydroxylation sites is 1. The Labute approximate surface area is 188 Å². The van der Waals surface area contributed by atoms with Crippen LogP contribution in [0.1, 0.15) is 59.9 Å². The van der Waals surface area contributed by atoms with Gasteiger partial charge in [-0.05, 0) is 36.5 Å². The van der Waals surface area contributed by atoms with Gasteiger partial charge in [0.05, 0.1) is 12.8 Å². The Morgan fingerprint density at radius 1 is 0.871 bits per heavy atom. The van der Waals surface area contributed by atoms with Crippen LogP contribution in [0.25, 0.3) is 0 Å². The smallest absolute Gasteiger partial charge is 0.508 e. The van der Waals surface area contributed by atoms with E-state index in [9.17, 15) is 9.59 Å². The first-order chi connectivity index (χ1) is 14.4. The number of rotatable bonds is 7. The minimum atomic E-state index is -0.769. The highest BCUT2D eigenvalue weighted by atomic mass is 16.4. The zero-order chi connectivity index (χ0) is 23.2. The van der Waals surface area contributed by atoms with Crippen LogP contribution in [0, 0.1) is 0 Å². The van der Waals surface area contributed by atoms with Crippen LogP contribution in [0.15, 0.2) is 72.8 Å². The largest absolute Gasteiger partial charge is 1.00 e. The van der Waals surface area contributed by atoms with Crippen molar-refractivity contribution in [1.29, 1.82) is 0 Å². The molecule has 0 radical (unpaired) electrons. The van der Waals surface area contributed by atoms with Crippen molar-refractivity contribution < 1.29 is 31.4 Å². The fourth-order valence-electron chi connectivity index (χ4n) is 2.21. The fraction of sp³-hybridized carbons (Fsp3) is 0.360. The molecule has 0 saturated carbocycles. The van der Waals surface area contributed by atoms with Crippen molar-refractivity contribution in [3.8, 4) is 5.75 Å². The molecule has 174 valence electrons. The summed E-state index contributed by atoms with van der Waals surface area (Å²) in [7, 11) is 1.00. The van der Waals surface area contributed by atoms with E-state index in [4.69, 9.17) is 20.4 Å². The second-order valence-corrected chi connectivity index (χ2v) is 5.93. The third-order valence-electron chi connectivity index (χ3n) is 3.64. The Morgan fingerprint density at radius 2 is 1.35 bits per heavy atom. The van der Waals surface area contributed by atoms with Gasteiger partial charge >= 0.3 is 13.4 Å². The molecular formula is C25H39O6+. The summed E-state index contributed by atoms with van der Waals surface area (Å²) in [6, 6.07) is 18.5. The molecule has 0 spiro atoms. The van der Waals surface area contributed by atoms with Crippen LogP contribution in [-0.2, 0) is 9.59 Å². The number of benzene rings is 2. The van der Waals surface area contributed by atoms with Crippen LogP contribution < -0.4 is 0 Å². The van der Waals surface area contributed by atoms with E-state index in [0.717, 1.165) is 25.5 Å². The van der Waals surface area contributed by atoms with E-state index < -0.39 is 11.9 Å². The molecular weight excluding hydrogens is 396 g/mol. The van der Waals surface area contributed by atoms with Crippen LogP contribution in [0.5, 0.6) is 5.75 Å². The van der Waals surface area contributed by atoms with E-state index in [1.165, 1.54) is 0 Å². The number of aliphatic hydroxyl groups excluding tert-OH is 1. The molecule has 0 saturated heterocycles. The number of aliphatic hydroxyl groups is 1. The summed E-state index contributed by atoms with van der Waals surface area (Å²) >= 11 is 0. The topological polar surface area (TPSA) is 115 Å². The van der Waals surface area contributed by atoms with Crippen LogP contribution in [0.2, 0.25) is 0 Å². The van der Waals surface area contributed by atoms with Crippen molar-refractivity contribution >= 4 is 11.9 Å². The number of carboxylic acid groups (broad SMARTS) is 2. The first-order valence-corrected chi connectivity index (χ1v) is 9.72. The Kier molecular flexibility index (Phi) is 24.3. The lowest BCUT2D eigenvalue weighted by Gasteiger charge is -2.11. The molecule has 0 heterocycles. The molecule has 0 aromatic heterocycles. The molecule has 0 aliphatic heterocycles. The molecule has 2 aromatic rings. The first kappa shape index (κ1) is 32.5. The van der Waals surface area contributed by atoms with Crippen molar-refractivity contribution in [3.05, 3.63) is 78.4 Å². The Bertz CT molecular complexity index is 690. The van der Waals surface area contributed by atoms with Crippen molar-refractivity contribution in [2.75, 3.05) is 7.11 Å². The quantitative estimate of drug-likeness (QED) is 0.407. The summed E-state index contributed by atoms with van der Waals surface area (Å²) in [5.74, 6) is -1.02. The van der Waals surface area contributed by atoms with Gasteiger partial charge in [0.1, 0.15) is 5.75 Å². The summed E-state index contributed by atoms with van der Waals surface area (Å²) in [6.45, 7) is 3.99. The first-order valence-electron chi connectivity index (χ1n) is 9.72. The normalized spacial score (nSPS) is 9.94. The Balaban J connectivity index is -0.000000180. The van der Waals surface area contributed by atoms with Gasteiger partial charge in [-0.15, -0.1) is 0 Å². The molecule has 2 rings (SSSR count). The van der Waals surface area contributed by atoms with Gasteiger partial charge < -0.3 is 20.4 Å². The fourth-order valence-corrected chi connectivity index (χ4v) is 2.21. The van der Waals surface area contributed by atoms with Crippen LogP contribution in [0.4, 0.5) is 0 Å². The number of aromatic hydroxyl groups is 1. The van der Waals surface area contributed by atoms with E-state index in [1.54, 1.807) is 30.3 Å². The van der Waals surface area contributed by atoms with Gasteiger partial charge in [0.25, 0.3) is 0 Å². The SMILES string of the molecule is C.CC/C=C/CC(=O)O.CCC(CC(=O)O)c1ccccc1.CO.Oc1ccccc1.[H+]. The van der Waals surface area contributed by atoms with E-state index in [2.05, 4.69) is 0 Å². The predicted octanol–water partition coefficient (Wildman–Crippen LogP) is 5.83. The molecule has 0 amide bonds. The lowest BCUT2D eigenvalue weighted by atomic mass is 9.93. The van der Waals surface area contributed by atoms with Gasteiger partial charge in [-0.2, -0.15) is 0 Å². The number of aliphatic carboxylic acids is 2. The number of carboxylic acids is 2. The average molecular weight is 436 g/mol. The summed E-state index contributed by atoms with van der Waals surface area (Å²) < 4.78 is 0. The van der Waals surface area contributed by atoms with Gasteiger partial charge in [0.15, 0.2) is 0 Å². The number of allylic oxidation sites excluding steroid dienone is 1. The van der Waals surface area contributed by atoms with Gasteiger partial charge in [-0.1, -0.05) is 82.0 Å². The summed E-state index contributed by atoms with van der Waals surface area (Å²) in [5, 5.41) is 32.4. The molecule has 31 heavy (non-hydrogen) atoms. The average Bonchev–Trinajstić information content (AvgIpc) is 2.75. The standard InChI is InChI=1S/C11H14O2.C6H10O2.C6H6O.CH4O.CH4/c1-2-9(8-11(12)13)10-6-4-3-5-7-10;1-2-3-4-5-6(7)8;7-6-4-2-1-3-5-6;1-2;/h3-7,9H,2,8H2,1H3,(H,12,13);3-4H,2,5H2,1H3,(H,7,8);1-5,7H;2H,1H3;1H4/p+1/b;4-3+;;;. The molecule has 4 N–H and O–H groups in total. The van der Waals surface area contributed by atoms with Crippen LogP contribution >= 0.6 is 0 Å². The zero-order valence-electron chi connectivity index (χ0n) is 18.9. The van der Waals surface area contributed by atoms with Crippen molar-refractivity contribution in [3.63, 3.8) is 0 Å². The predicted molar refractivity (Wildman–Crippen MR) is 128 cm³/mol. The third-order valence-corrected chi connectivity index (χ3v) is 3.64. The second-order valence-electron chi connectivity index (χ2n) is 5.93. The number of hydrogen-bond donors (Lipinski definition) is 4. The maximum atomic E-state index is 10.5. The maximum Gasteiger partial charge on any atom is 1.00 e. The van der Waals surface area contributed by atoms with Gasteiger partial charge in [0.2, 0.25) is 0 Å². The van der Waals surface area contributed by atoms with Crippen LogP contribution in [0.3, 0.4) is 0 Å². The molecule has 0 bridgehead atoms. The summed E-state index contributed by atoms with van der Waals surface area (Å²) in [5.41, 5.74) is 1.12. The number of phenols is 1. The van der Waals surface area contributed by atoms with Gasteiger partial charge in [-0.3, -0.25) is 9.59 Å². The van der Waals surface area contributed by atoms with E-state index in [0.29, 0.717) is 5.75 Å². The zero-order valence-corrected chi connectivity index (χ0v) is 17.9. The number of hydrogen-bond acceptors (Lipinski definition) is 4. The molecule has 0 fully saturated rings. The van der Waals surface area contributed by atoms with E-state index in [-0.39, 0.29) is 27.6 Å². The molecule has 0 aliphatic rings. The number of carbonyl (C=O) groups is 2. The second kappa shape index (κ2) is 23.2. The lowest BCUT2D eigenvalue weighted by Crippen LogP contribution is -2.05. The molecule has 2 aromatic carbocycles. The lowest BCUT2D eigenvalue weighted by molar-refractivity contribution is -0.138. The van der Waals surface area contributed by atoms with Crippen molar-refractivity contribution in [2.24, 2.45) is 0 Å². The van der Waals surface area contributed by atoms with Crippen molar-refractivity contribution in [2.45, 2.75) is 52.9 Å². The van der Waals surface area contributed by atoms with Gasteiger partial charge in [-0.25, -0.2) is 0 Å². The minimum Gasteiger partial charge on any atom is -0.508 e. The summed E-state index contributed by atoms with van der Waals surface area (Å²) in [6.07, 6.45) is 5.65. The highest BCUT2D eigenvalue weighted by Crippen LogP contribution is 2.22. The molecule has 0 aliphatic carbocycles.